The predicted molar refractivity (Wildman–Crippen MR) is 75.4 cm³/mol. The summed E-state index contributed by atoms with van der Waals surface area (Å²) >= 11 is 0. The molecule has 0 aliphatic heterocycles. The van der Waals surface area contributed by atoms with Crippen molar-refractivity contribution in [1.29, 1.82) is 0 Å². The van der Waals surface area contributed by atoms with Crippen LogP contribution in [0.3, 0.4) is 0 Å². The molecule has 0 heterocycles. The Labute approximate surface area is 118 Å². The van der Waals surface area contributed by atoms with Crippen molar-refractivity contribution < 1.29 is 22.7 Å². The van der Waals surface area contributed by atoms with Crippen LogP contribution in [-0.2, 0) is 25.8 Å². The number of sulfone groups is 1. The third-order valence-corrected chi connectivity index (χ3v) is 4.11. The van der Waals surface area contributed by atoms with E-state index in [4.69, 9.17) is 0 Å². The molecule has 20 heavy (non-hydrogen) atoms. The fourth-order valence-corrected chi connectivity index (χ4v) is 2.86. The number of hydrogen-bond acceptors (Lipinski definition) is 5. The molecule has 0 saturated carbocycles. The first-order valence-corrected chi connectivity index (χ1v) is 8.09. The van der Waals surface area contributed by atoms with E-state index in [-0.39, 0.29) is 0 Å². The van der Waals surface area contributed by atoms with Crippen molar-refractivity contribution in [1.82, 2.24) is 0 Å². The van der Waals surface area contributed by atoms with Crippen molar-refractivity contribution in [3.63, 3.8) is 0 Å². The highest BCUT2D eigenvalue weighted by Crippen LogP contribution is 2.09. The van der Waals surface area contributed by atoms with Crippen molar-refractivity contribution in [2.75, 3.05) is 18.6 Å². The van der Waals surface area contributed by atoms with Crippen molar-refractivity contribution in [2.45, 2.75) is 19.8 Å². The number of carbonyl (C=O) groups excluding carboxylic acids is 2. The molecule has 6 heteroatoms. The Hall–Kier alpha value is -1.69. The van der Waals surface area contributed by atoms with E-state index in [0.717, 1.165) is 25.5 Å². The molecule has 0 unspecified atom stereocenters. The minimum atomic E-state index is -3.78. The number of ether oxygens (including phenoxy) is 1. The minimum Gasteiger partial charge on any atom is -0.468 e. The Morgan fingerprint density at radius 3 is 2.20 bits per heavy atom. The minimum absolute atomic E-state index is 0.332. The molecular weight excluding hydrogens is 280 g/mol. The first-order chi connectivity index (χ1) is 9.38. The van der Waals surface area contributed by atoms with Gasteiger partial charge in [-0.25, -0.2) is 8.42 Å². The molecule has 5 nitrogen and oxygen atoms in total. The molecule has 0 atom stereocenters. The summed E-state index contributed by atoms with van der Waals surface area (Å²) < 4.78 is 27.5. The largest absolute Gasteiger partial charge is 0.468 e. The molecule has 0 aromatic heterocycles. The van der Waals surface area contributed by atoms with Crippen LogP contribution in [0.15, 0.2) is 24.3 Å². The molecule has 0 N–H and O–H groups in total. The third kappa shape index (κ3) is 5.13. The van der Waals surface area contributed by atoms with E-state index >= 15 is 0 Å². The van der Waals surface area contributed by atoms with Crippen LogP contribution in [0.25, 0.3) is 0 Å². The van der Waals surface area contributed by atoms with Crippen LogP contribution >= 0.6 is 0 Å². The molecular formula is C14H18O5S. The zero-order chi connectivity index (χ0) is 15.2. The Balaban J connectivity index is 2.73. The van der Waals surface area contributed by atoms with Crippen molar-refractivity contribution in [3.8, 4) is 0 Å². The van der Waals surface area contributed by atoms with Crippen LogP contribution in [0.4, 0.5) is 0 Å². The van der Waals surface area contributed by atoms with Crippen LogP contribution in [-0.4, -0.2) is 38.8 Å². The maximum absolute atomic E-state index is 11.9. The zero-order valence-electron chi connectivity index (χ0n) is 11.6. The average Bonchev–Trinajstić information content (AvgIpc) is 2.38. The predicted octanol–water partition coefficient (Wildman–Crippen LogP) is 1.41. The smallest absolute Gasteiger partial charge is 0.320 e. The fourth-order valence-electron chi connectivity index (χ4n) is 1.72. The van der Waals surface area contributed by atoms with Gasteiger partial charge >= 0.3 is 5.97 Å². The van der Waals surface area contributed by atoms with E-state index in [0.29, 0.717) is 5.56 Å². The van der Waals surface area contributed by atoms with E-state index in [1.54, 1.807) is 12.1 Å². The average molecular weight is 298 g/mol. The second kappa shape index (κ2) is 7.19. The van der Waals surface area contributed by atoms with Crippen LogP contribution in [0, 0.1) is 0 Å². The van der Waals surface area contributed by atoms with Gasteiger partial charge in [0.25, 0.3) is 0 Å². The first kappa shape index (κ1) is 16.4. The Morgan fingerprint density at radius 1 is 1.10 bits per heavy atom. The lowest BCUT2D eigenvalue weighted by molar-refractivity contribution is -0.137. The van der Waals surface area contributed by atoms with Gasteiger partial charge in [0.15, 0.2) is 15.6 Å². The monoisotopic (exact) mass is 298 g/mol. The molecule has 0 fully saturated rings. The van der Waals surface area contributed by atoms with Gasteiger partial charge in [0.05, 0.1) is 7.11 Å². The molecule has 1 rings (SSSR count). The standard InChI is InChI=1S/C14H18O5S/c1-3-4-11-5-7-12(8-6-11)13(15)9-20(17,18)10-14(16)19-2/h5-8H,3-4,9-10H2,1-2H3. The zero-order valence-corrected chi connectivity index (χ0v) is 12.4. The summed E-state index contributed by atoms with van der Waals surface area (Å²) in [6, 6.07) is 6.84. The van der Waals surface area contributed by atoms with Gasteiger partial charge in [-0.3, -0.25) is 9.59 Å². The van der Waals surface area contributed by atoms with Crippen LogP contribution < -0.4 is 0 Å². The molecule has 0 amide bonds. The van der Waals surface area contributed by atoms with Gasteiger partial charge in [0.2, 0.25) is 0 Å². The van der Waals surface area contributed by atoms with E-state index in [2.05, 4.69) is 11.7 Å². The number of hydrogen-bond donors (Lipinski definition) is 0. The number of aryl methyl sites for hydroxylation is 1. The fraction of sp³-hybridized carbons (Fsp3) is 0.429. The summed E-state index contributed by atoms with van der Waals surface area (Å²) in [5.74, 6) is -2.84. The molecule has 1 aromatic carbocycles. The van der Waals surface area contributed by atoms with E-state index < -0.39 is 33.1 Å². The molecule has 1 aromatic rings. The lowest BCUT2D eigenvalue weighted by Gasteiger charge is -2.04. The summed E-state index contributed by atoms with van der Waals surface area (Å²) in [7, 11) is -2.68. The highest BCUT2D eigenvalue weighted by Gasteiger charge is 2.22. The summed E-state index contributed by atoms with van der Waals surface area (Å²) in [5, 5.41) is 0. The molecule has 110 valence electrons. The normalized spacial score (nSPS) is 11.1. The Bertz CT molecular complexity index is 572. The summed E-state index contributed by atoms with van der Waals surface area (Å²) in [5.41, 5.74) is 1.43. The second-order valence-electron chi connectivity index (χ2n) is 4.48. The number of esters is 1. The van der Waals surface area contributed by atoms with Gasteiger partial charge in [-0.15, -0.1) is 0 Å². The summed E-state index contributed by atoms with van der Waals surface area (Å²) in [6.45, 7) is 2.05. The van der Waals surface area contributed by atoms with Gasteiger partial charge < -0.3 is 4.74 Å². The van der Waals surface area contributed by atoms with Gasteiger partial charge in [-0.1, -0.05) is 37.6 Å². The number of rotatable bonds is 7. The molecule has 0 saturated heterocycles. The Kier molecular flexibility index (Phi) is 5.88. The number of methoxy groups -OCH3 is 1. The number of ketones is 1. The first-order valence-electron chi connectivity index (χ1n) is 6.27. The van der Waals surface area contributed by atoms with Crippen molar-refractivity contribution in [2.24, 2.45) is 0 Å². The quantitative estimate of drug-likeness (QED) is 0.562. The van der Waals surface area contributed by atoms with Crippen LogP contribution in [0.5, 0.6) is 0 Å². The van der Waals surface area contributed by atoms with Gasteiger partial charge in [0.1, 0.15) is 11.5 Å². The van der Waals surface area contributed by atoms with Gasteiger partial charge in [-0.05, 0) is 12.0 Å². The Morgan fingerprint density at radius 2 is 1.70 bits per heavy atom. The van der Waals surface area contributed by atoms with Crippen molar-refractivity contribution in [3.05, 3.63) is 35.4 Å². The van der Waals surface area contributed by atoms with Gasteiger partial charge in [0, 0.05) is 5.56 Å². The maximum atomic E-state index is 11.9. The maximum Gasteiger partial charge on any atom is 0.320 e. The summed E-state index contributed by atoms with van der Waals surface area (Å²) in [6.07, 6.45) is 1.91. The second-order valence-corrected chi connectivity index (χ2v) is 6.54. The van der Waals surface area contributed by atoms with E-state index in [1.165, 1.54) is 0 Å². The lowest BCUT2D eigenvalue weighted by Crippen LogP contribution is -2.24. The SMILES string of the molecule is CCCc1ccc(C(=O)CS(=O)(=O)CC(=O)OC)cc1. The number of benzene rings is 1. The third-order valence-electron chi connectivity index (χ3n) is 2.73. The van der Waals surface area contributed by atoms with Crippen LogP contribution in [0.1, 0.15) is 29.3 Å². The molecule has 0 spiro atoms. The summed E-state index contributed by atoms with van der Waals surface area (Å²) in [4.78, 5) is 22.8. The molecule has 0 radical (unpaired) electrons. The van der Waals surface area contributed by atoms with Crippen LogP contribution in [0.2, 0.25) is 0 Å². The molecule has 0 aliphatic rings. The van der Waals surface area contributed by atoms with Gasteiger partial charge in [-0.2, -0.15) is 0 Å². The topological polar surface area (TPSA) is 77.5 Å². The highest BCUT2D eigenvalue weighted by atomic mass is 32.2. The van der Waals surface area contributed by atoms with E-state index in [1.807, 2.05) is 12.1 Å². The molecule has 0 bridgehead atoms. The lowest BCUT2D eigenvalue weighted by atomic mass is 10.1. The van der Waals surface area contributed by atoms with Crippen molar-refractivity contribution >= 4 is 21.6 Å². The van der Waals surface area contributed by atoms with E-state index in [9.17, 15) is 18.0 Å². The highest BCUT2D eigenvalue weighted by molar-refractivity contribution is 7.92. The number of carbonyl (C=O) groups is 2. The number of Topliss-reactive ketones (excluding diaryl/α,β-unsaturated/α-hetero) is 1. The molecule has 0 aliphatic carbocycles.